The summed E-state index contributed by atoms with van der Waals surface area (Å²) in [6, 6.07) is 9.42. The Hall–Kier alpha value is -1.35. The fraction of sp³-hybridized carbons (Fsp3) is 0.500. The Morgan fingerprint density at radius 1 is 1.24 bits per heavy atom. The van der Waals surface area contributed by atoms with Crippen LogP contribution in [0.15, 0.2) is 35.8 Å². The van der Waals surface area contributed by atoms with Crippen molar-refractivity contribution >= 4 is 17.2 Å². The molecule has 0 amide bonds. The van der Waals surface area contributed by atoms with Crippen LogP contribution in [-0.4, -0.2) is 6.04 Å². The third-order valence-electron chi connectivity index (χ3n) is 6.02. The van der Waals surface area contributed by atoms with Gasteiger partial charge in [0.2, 0.25) is 0 Å². The first kappa shape index (κ1) is 13.3. The minimum atomic E-state index is 0.139. The number of nitrogens with zero attached hydrogens (tertiary/aromatic N) is 2. The molecule has 5 rings (SSSR count). The topological polar surface area (TPSA) is 7.12 Å². The maximum absolute atomic E-state index is 2.68. The quantitative estimate of drug-likeness (QED) is 0.728. The predicted octanol–water partition coefficient (Wildman–Crippen LogP) is 3.75. The van der Waals surface area contributed by atoms with Crippen LogP contribution in [0.5, 0.6) is 0 Å². The zero-order chi connectivity index (χ0) is 14.8. The predicted molar refractivity (Wildman–Crippen MR) is 87.8 cm³/mol. The lowest BCUT2D eigenvalue weighted by atomic mass is 9.59. The molecule has 21 heavy (non-hydrogen) atoms. The summed E-state index contributed by atoms with van der Waals surface area (Å²) in [5.41, 5.74) is 2.01. The summed E-state index contributed by atoms with van der Waals surface area (Å²) in [5, 5.41) is 2.29. The van der Waals surface area contributed by atoms with E-state index >= 15 is 0 Å². The number of rotatable bonds is 1. The van der Waals surface area contributed by atoms with E-state index in [-0.39, 0.29) is 11.0 Å². The largest absolute Gasteiger partial charge is 0.277 e. The van der Waals surface area contributed by atoms with Crippen LogP contribution in [0.2, 0.25) is 0 Å². The van der Waals surface area contributed by atoms with Crippen LogP contribution in [0.3, 0.4) is 0 Å². The first-order valence-corrected chi connectivity index (χ1v) is 8.69. The van der Waals surface area contributed by atoms with Crippen LogP contribution in [0, 0.1) is 0 Å². The molecule has 1 saturated heterocycles. The lowest BCUT2D eigenvalue weighted by Crippen LogP contribution is -2.67. The molecule has 0 saturated carbocycles. The Bertz CT molecular complexity index is 707. The van der Waals surface area contributed by atoms with Gasteiger partial charge in [0.25, 0.3) is 5.82 Å². The average molecular weight is 299 g/mol. The van der Waals surface area contributed by atoms with Gasteiger partial charge in [0, 0.05) is 11.5 Å². The molecule has 2 aromatic heterocycles. The van der Waals surface area contributed by atoms with Gasteiger partial charge < -0.3 is 0 Å². The monoisotopic (exact) mass is 299 g/mol. The molecule has 3 aliphatic rings. The van der Waals surface area contributed by atoms with Crippen molar-refractivity contribution in [3.63, 3.8) is 0 Å². The smallest absolute Gasteiger partial charge is 0.248 e. The number of hydrogen-bond donors (Lipinski definition) is 0. The summed E-state index contributed by atoms with van der Waals surface area (Å²) in [6.45, 7) is 7.30. The van der Waals surface area contributed by atoms with E-state index in [0.29, 0.717) is 6.04 Å². The molecule has 3 atom stereocenters. The number of aromatic nitrogens is 1. The molecule has 1 aliphatic carbocycles. The first-order chi connectivity index (χ1) is 9.98. The van der Waals surface area contributed by atoms with Crippen molar-refractivity contribution in [3.8, 4) is 0 Å². The van der Waals surface area contributed by atoms with Crippen molar-refractivity contribution < 1.29 is 4.57 Å². The third kappa shape index (κ3) is 1.50. The molecule has 2 bridgehead atoms. The normalized spacial score (nSPS) is 34.1. The molecule has 3 heteroatoms. The van der Waals surface area contributed by atoms with E-state index < -0.39 is 0 Å². The number of piperidine rings is 1. The molecule has 0 radical (unpaired) electrons. The minimum absolute atomic E-state index is 0.139. The van der Waals surface area contributed by atoms with Crippen molar-refractivity contribution in [1.82, 2.24) is 0 Å². The summed E-state index contributed by atoms with van der Waals surface area (Å²) in [7, 11) is 2.16. The second kappa shape index (κ2) is 4.10. The van der Waals surface area contributed by atoms with E-state index in [0.717, 1.165) is 0 Å². The number of fused-ring (bicyclic) bond motifs is 2. The molecule has 110 valence electrons. The van der Waals surface area contributed by atoms with E-state index in [1.165, 1.54) is 18.7 Å². The van der Waals surface area contributed by atoms with Gasteiger partial charge in [0.05, 0.1) is 18.1 Å². The highest BCUT2D eigenvalue weighted by molar-refractivity contribution is 7.10. The molecule has 2 aliphatic heterocycles. The highest BCUT2D eigenvalue weighted by Crippen LogP contribution is 2.58. The van der Waals surface area contributed by atoms with Crippen molar-refractivity contribution in [2.75, 3.05) is 4.90 Å². The lowest BCUT2D eigenvalue weighted by Gasteiger charge is -2.57. The van der Waals surface area contributed by atoms with E-state index in [2.05, 4.69) is 73.1 Å². The molecular weight excluding hydrogens is 276 g/mol. The second-order valence-electron chi connectivity index (χ2n) is 7.07. The van der Waals surface area contributed by atoms with Gasteiger partial charge in [-0.3, -0.25) is 0 Å². The zero-order valence-electron chi connectivity index (χ0n) is 13.3. The van der Waals surface area contributed by atoms with Crippen molar-refractivity contribution in [2.24, 2.45) is 7.05 Å². The van der Waals surface area contributed by atoms with Gasteiger partial charge in [-0.15, -0.1) is 11.3 Å². The molecule has 4 heterocycles. The maximum Gasteiger partial charge on any atom is 0.277 e. The highest BCUT2D eigenvalue weighted by Gasteiger charge is 2.61. The summed E-state index contributed by atoms with van der Waals surface area (Å²) in [5.74, 6) is 1.33. The average Bonchev–Trinajstić information content (AvgIpc) is 2.96. The SMILES string of the molecule is CC1N(c2cccc[n+]2C)C2(C)CCC1(C)c1ccsc12. The van der Waals surface area contributed by atoms with Crippen LogP contribution in [-0.2, 0) is 18.0 Å². The van der Waals surface area contributed by atoms with Gasteiger partial charge in [-0.2, -0.15) is 0 Å². The van der Waals surface area contributed by atoms with Crippen molar-refractivity contribution in [3.05, 3.63) is 46.3 Å². The molecule has 3 unspecified atom stereocenters. The molecule has 0 aromatic carbocycles. The molecular formula is C18H23N2S+. The Labute approximate surface area is 131 Å². The standard InChI is InChI=1S/C18H23N2S/c1-13-17(2)9-10-18(3,16-14(17)8-12-21-16)20(13)15-7-5-6-11-19(15)4/h5-8,11-13H,9-10H2,1-4H3/q+1. The Morgan fingerprint density at radius 2 is 2.05 bits per heavy atom. The second-order valence-corrected chi connectivity index (χ2v) is 7.99. The Balaban J connectivity index is 1.97. The van der Waals surface area contributed by atoms with Crippen molar-refractivity contribution in [1.29, 1.82) is 0 Å². The van der Waals surface area contributed by atoms with E-state index in [9.17, 15) is 0 Å². The fourth-order valence-electron chi connectivity index (χ4n) is 4.52. The van der Waals surface area contributed by atoms with Crippen LogP contribution in [0.25, 0.3) is 0 Å². The van der Waals surface area contributed by atoms with E-state index in [1.807, 2.05) is 11.3 Å². The fourth-order valence-corrected chi connectivity index (χ4v) is 5.74. The van der Waals surface area contributed by atoms with E-state index in [1.54, 1.807) is 10.4 Å². The summed E-state index contributed by atoms with van der Waals surface area (Å²) in [6.07, 6.45) is 4.70. The van der Waals surface area contributed by atoms with Crippen LogP contribution in [0.4, 0.5) is 5.82 Å². The number of hydrogen-bond acceptors (Lipinski definition) is 2. The molecule has 0 spiro atoms. The number of thiophene rings is 1. The molecule has 2 nitrogen and oxygen atoms in total. The maximum atomic E-state index is 2.68. The van der Waals surface area contributed by atoms with Gasteiger partial charge >= 0.3 is 0 Å². The molecule has 2 aromatic rings. The van der Waals surface area contributed by atoms with Gasteiger partial charge in [-0.25, -0.2) is 9.47 Å². The van der Waals surface area contributed by atoms with Crippen LogP contribution < -0.4 is 9.47 Å². The number of aryl methyl sites for hydroxylation is 1. The highest BCUT2D eigenvalue weighted by atomic mass is 32.1. The molecule has 0 N–H and O–H groups in total. The summed E-state index contributed by atoms with van der Waals surface area (Å²) < 4.78 is 2.26. The molecule has 1 fully saturated rings. The van der Waals surface area contributed by atoms with Gasteiger partial charge in [0.1, 0.15) is 11.6 Å². The Morgan fingerprint density at radius 3 is 2.81 bits per heavy atom. The first-order valence-electron chi connectivity index (χ1n) is 7.81. The van der Waals surface area contributed by atoms with Gasteiger partial charge in [-0.1, -0.05) is 13.0 Å². The lowest BCUT2D eigenvalue weighted by molar-refractivity contribution is -0.659. The minimum Gasteiger partial charge on any atom is -0.248 e. The van der Waals surface area contributed by atoms with E-state index in [4.69, 9.17) is 0 Å². The van der Waals surface area contributed by atoms with Crippen molar-refractivity contribution in [2.45, 2.75) is 50.6 Å². The van der Waals surface area contributed by atoms with Crippen LogP contribution in [0.1, 0.15) is 44.1 Å². The summed E-state index contributed by atoms with van der Waals surface area (Å²) >= 11 is 1.94. The Kier molecular flexibility index (Phi) is 2.60. The van der Waals surface area contributed by atoms with Crippen LogP contribution >= 0.6 is 11.3 Å². The number of anilines is 1. The van der Waals surface area contributed by atoms with Gasteiger partial charge in [-0.05, 0) is 49.8 Å². The summed E-state index contributed by atoms with van der Waals surface area (Å²) in [4.78, 5) is 4.26. The number of pyridine rings is 1. The zero-order valence-corrected chi connectivity index (χ0v) is 14.1. The third-order valence-corrected chi connectivity index (χ3v) is 7.18. The van der Waals surface area contributed by atoms with Gasteiger partial charge in [0.15, 0.2) is 0 Å².